The predicted molar refractivity (Wildman–Crippen MR) is 76.2 cm³/mol. The fraction of sp³-hybridized carbons (Fsp3) is 0.143. The highest BCUT2D eigenvalue weighted by Gasteiger charge is 2.06. The van der Waals surface area contributed by atoms with E-state index in [4.69, 9.17) is 15.1 Å². The molecule has 20 heavy (non-hydrogen) atoms. The van der Waals surface area contributed by atoms with Crippen molar-refractivity contribution in [2.24, 2.45) is 0 Å². The topological polar surface area (TPSA) is 82.3 Å². The molecule has 0 aliphatic carbocycles. The number of nitriles is 1. The molecule has 0 radical (unpaired) electrons. The molecule has 102 valence electrons. The van der Waals surface area contributed by atoms with Gasteiger partial charge in [-0.1, -0.05) is 0 Å². The lowest BCUT2D eigenvalue weighted by Crippen LogP contribution is -1.98. The van der Waals surface area contributed by atoms with E-state index in [0.29, 0.717) is 17.9 Å². The van der Waals surface area contributed by atoms with Crippen molar-refractivity contribution in [3.8, 4) is 11.8 Å². The minimum Gasteiger partial charge on any atom is -0.479 e. The van der Waals surface area contributed by atoms with Crippen LogP contribution < -0.4 is 10.1 Å². The molecule has 5 nitrogen and oxygen atoms in total. The summed E-state index contributed by atoms with van der Waals surface area (Å²) in [4.78, 5) is 11.7. The lowest BCUT2D eigenvalue weighted by molar-refractivity contribution is 0.0697. The van der Waals surface area contributed by atoms with Gasteiger partial charge in [0.2, 0.25) is 0 Å². The van der Waals surface area contributed by atoms with E-state index < -0.39 is 5.97 Å². The number of aromatic carboxylic acids is 1. The molecule has 0 atom stereocenters. The van der Waals surface area contributed by atoms with Crippen molar-refractivity contribution >= 4 is 23.0 Å². The Bertz CT molecular complexity index is 629. The molecule has 0 amide bonds. The van der Waals surface area contributed by atoms with Crippen LogP contribution in [0.15, 0.2) is 35.7 Å². The zero-order chi connectivity index (χ0) is 14.4. The third kappa shape index (κ3) is 3.73. The fourth-order valence-electron chi connectivity index (χ4n) is 1.56. The smallest absolute Gasteiger partial charge is 0.336 e. The van der Waals surface area contributed by atoms with Crippen LogP contribution in [0.1, 0.15) is 15.2 Å². The van der Waals surface area contributed by atoms with Crippen molar-refractivity contribution in [2.45, 2.75) is 6.54 Å². The van der Waals surface area contributed by atoms with Gasteiger partial charge in [-0.05, 0) is 30.3 Å². The molecule has 1 aromatic carbocycles. The summed E-state index contributed by atoms with van der Waals surface area (Å²) < 4.78 is 5.15. The number of ether oxygens (including phenoxy) is 1. The third-order valence-electron chi connectivity index (χ3n) is 2.53. The van der Waals surface area contributed by atoms with Gasteiger partial charge in [0.1, 0.15) is 11.8 Å². The zero-order valence-electron chi connectivity index (χ0n) is 10.5. The van der Waals surface area contributed by atoms with Gasteiger partial charge in [-0.2, -0.15) is 5.26 Å². The van der Waals surface area contributed by atoms with E-state index in [0.717, 1.165) is 10.6 Å². The first kappa shape index (κ1) is 13.9. The number of anilines is 1. The summed E-state index contributed by atoms with van der Waals surface area (Å²) in [6, 6.07) is 10.8. The van der Waals surface area contributed by atoms with Crippen LogP contribution in [0, 0.1) is 11.3 Å². The second-order valence-corrected chi connectivity index (χ2v) is 4.93. The average molecular weight is 288 g/mol. The van der Waals surface area contributed by atoms with E-state index in [2.05, 4.69) is 5.32 Å². The number of carbonyl (C=O) groups is 1. The highest BCUT2D eigenvalue weighted by Crippen LogP contribution is 2.19. The maximum absolute atomic E-state index is 10.8. The van der Waals surface area contributed by atoms with Gasteiger partial charge in [0.15, 0.2) is 6.61 Å². The third-order valence-corrected chi connectivity index (χ3v) is 3.46. The first-order valence-electron chi connectivity index (χ1n) is 5.83. The monoisotopic (exact) mass is 288 g/mol. The van der Waals surface area contributed by atoms with Gasteiger partial charge in [-0.25, -0.2) is 4.79 Å². The highest BCUT2D eigenvalue weighted by molar-refractivity contribution is 7.10. The molecule has 0 saturated heterocycles. The Balaban J connectivity index is 1.90. The first-order chi connectivity index (χ1) is 9.69. The summed E-state index contributed by atoms with van der Waals surface area (Å²) in [7, 11) is 0. The number of nitrogens with one attached hydrogen (secondary N) is 1. The van der Waals surface area contributed by atoms with Crippen molar-refractivity contribution in [3.05, 3.63) is 46.2 Å². The maximum Gasteiger partial charge on any atom is 0.336 e. The number of hydrogen-bond donors (Lipinski definition) is 2. The summed E-state index contributed by atoms with van der Waals surface area (Å²) in [6.07, 6.45) is 0. The van der Waals surface area contributed by atoms with Gasteiger partial charge < -0.3 is 15.2 Å². The second kappa shape index (κ2) is 6.59. The fourth-order valence-corrected chi connectivity index (χ4v) is 2.36. The molecule has 0 aliphatic heterocycles. The Labute approximate surface area is 120 Å². The number of thiophene rings is 1. The van der Waals surface area contributed by atoms with Crippen molar-refractivity contribution < 1.29 is 14.6 Å². The van der Waals surface area contributed by atoms with Gasteiger partial charge >= 0.3 is 5.97 Å². The summed E-state index contributed by atoms with van der Waals surface area (Å²) >= 11 is 1.41. The molecule has 1 heterocycles. The van der Waals surface area contributed by atoms with Crippen LogP contribution in [0.4, 0.5) is 5.69 Å². The average Bonchev–Trinajstić information content (AvgIpc) is 2.93. The standard InChI is InChI=1S/C14H12N2O3S/c15-5-6-19-12-3-1-11(2-4-12)16-8-13-7-10(9-20-13)14(17)18/h1-4,7,9,16H,6,8H2,(H,17,18). The number of nitrogens with zero attached hydrogens (tertiary/aromatic N) is 1. The molecule has 1 aromatic heterocycles. The van der Waals surface area contributed by atoms with Crippen molar-refractivity contribution in [3.63, 3.8) is 0 Å². The largest absolute Gasteiger partial charge is 0.479 e. The molecule has 2 N–H and O–H groups in total. The molecule has 6 heteroatoms. The Hall–Kier alpha value is -2.52. The lowest BCUT2D eigenvalue weighted by atomic mass is 10.3. The Kier molecular flexibility index (Phi) is 4.58. The molecule has 0 saturated carbocycles. The van der Waals surface area contributed by atoms with E-state index in [1.54, 1.807) is 23.6 Å². The summed E-state index contributed by atoms with van der Waals surface area (Å²) in [5.74, 6) is -0.270. The van der Waals surface area contributed by atoms with Crippen molar-refractivity contribution in [1.82, 2.24) is 0 Å². The van der Waals surface area contributed by atoms with Crippen LogP contribution >= 0.6 is 11.3 Å². The van der Waals surface area contributed by atoms with E-state index in [9.17, 15) is 4.79 Å². The SMILES string of the molecule is N#CCOc1ccc(NCc2cc(C(=O)O)cs2)cc1. The van der Waals surface area contributed by atoms with E-state index in [1.165, 1.54) is 11.3 Å². The molecule has 0 spiro atoms. The van der Waals surface area contributed by atoms with Crippen molar-refractivity contribution in [2.75, 3.05) is 11.9 Å². The number of carboxylic acid groups (broad SMARTS) is 1. The molecular formula is C14H12N2O3S. The van der Waals surface area contributed by atoms with Gasteiger partial charge in [0.05, 0.1) is 5.56 Å². The second-order valence-electron chi connectivity index (χ2n) is 3.93. The van der Waals surface area contributed by atoms with Gasteiger partial charge in [0.25, 0.3) is 0 Å². The molecule has 0 fully saturated rings. The number of benzene rings is 1. The van der Waals surface area contributed by atoms with Crippen LogP contribution in [-0.2, 0) is 6.54 Å². The number of hydrogen-bond acceptors (Lipinski definition) is 5. The Morgan fingerprint density at radius 3 is 2.75 bits per heavy atom. The van der Waals surface area contributed by atoms with Crippen LogP contribution in [0.3, 0.4) is 0 Å². The minimum atomic E-state index is -0.911. The number of carboxylic acids is 1. The van der Waals surface area contributed by atoms with Crippen LogP contribution in [0.5, 0.6) is 5.75 Å². The van der Waals surface area contributed by atoms with Gasteiger partial charge in [-0.3, -0.25) is 0 Å². The molecule has 0 aliphatic rings. The lowest BCUT2D eigenvalue weighted by Gasteiger charge is -2.06. The van der Waals surface area contributed by atoms with Crippen LogP contribution in [0.25, 0.3) is 0 Å². The highest BCUT2D eigenvalue weighted by atomic mass is 32.1. The molecular weight excluding hydrogens is 276 g/mol. The molecule has 0 bridgehead atoms. The first-order valence-corrected chi connectivity index (χ1v) is 6.71. The summed E-state index contributed by atoms with van der Waals surface area (Å²) in [5.41, 5.74) is 1.21. The summed E-state index contributed by atoms with van der Waals surface area (Å²) in [5, 5.41) is 22.1. The summed E-state index contributed by atoms with van der Waals surface area (Å²) in [6.45, 7) is 0.594. The maximum atomic E-state index is 10.8. The zero-order valence-corrected chi connectivity index (χ0v) is 11.3. The van der Waals surface area contributed by atoms with E-state index in [1.807, 2.05) is 18.2 Å². The van der Waals surface area contributed by atoms with Crippen LogP contribution in [0.2, 0.25) is 0 Å². The quantitative estimate of drug-likeness (QED) is 0.854. The van der Waals surface area contributed by atoms with Gasteiger partial charge in [-0.15, -0.1) is 11.3 Å². The van der Waals surface area contributed by atoms with E-state index in [-0.39, 0.29) is 6.61 Å². The van der Waals surface area contributed by atoms with E-state index >= 15 is 0 Å². The van der Waals surface area contributed by atoms with Crippen molar-refractivity contribution in [1.29, 1.82) is 5.26 Å². The Morgan fingerprint density at radius 2 is 2.15 bits per heavy atom. The predicted octanol–water partition coefficient (Wildman–Crippen LogP) is 2.96. The molecule has 0 unspecified atom stereocenters. The Morgan fingerprint density at radius 1 is 1.40 bits per heavy atom. The van der Waals surface area contributed by atoms with Gasteiger partial charge in [0, 0.05) is 22.5 Å². The van der Waals surface area contributed by atoms with Crippen LogP contribution in [-0.4, -0.2) is 17.7 Å². The minimum absolute atomic E-state index is 0.0277. The molecule has 2 rings (SSSR count). The molecule has 2 aromatic rings. The number of rotatable bonds is 6. The normalized spacial score (nSPS) is 9.75.